The number of rotatable bonds is 4. The van der Waals surface area contributed by atoms with E-state index in [0.29, 0.717) is 29.3 Å². The highest BCUT2D eigenvalue weighted by Gasteiger charge is 2.37. The summed E-state index contributed by atoms with van der Waals surface area (Å²) in [6.45, 7) is 0. The second-order valence-electron chi connectivity index (χ2n) is 5.49. The number of ether oxygens (including phenoxy) is 1. The normalized spacial score (nSPS) is 17.0. The fourth-order valence-corrected chi connectivity index (χ4v) is 3.01. The highest BCUT2D eigenvalue weighted by atomic mass is 35.5. The zero-order chi connectivity index (χ0) is 17.1. The zero-order valence-electron chi connectivity index (χ0n) is 13.2. The van der Waals surface area contributed by atoms with E-state index in [4.69, 9.17) is 16.3 Å². The lowest BCUT2D eigenvalue weighted by atomic mass is 10.1. The van der Waals surface area contributed by atoms with Gasteiger partial charge in [0.05, 0.1) is 12.8 Å². The minimum absolute atomic E-state index is 0.0561. The summed E-state index contributed by atoms with van der Waals surface area (Å²) in [5.74, 6) is 0.202. The van der Waals surface area contributed by atoms with Gasteiger partial charge >= 0.3 is 0 Å². The topological polar surface area (TPSA) is 58.6 Å². The average molecular weight is 345 g/mol. The van der Waals surface area contributed by atoms with Crippen molar-refractivity contribution < 1.29 is 14.3 Å². The van der Waals surface area contributed by atoms with Gasteiger partial charge in [-0.2, -0.15) is 0 Å². The van der Waals surface area contributed by atoms with Crippen LogP contribution in [0.2, 0.25) is 5.02 Å². The predicted molar refractivity (Wildman–Crippen MR) is 93.6 cm³/mol. The van der Waals surface area contributed by atoms with Crippen LogP contribution in [-0.4, -0.2) is 25.0 Å². The fourth-order valence-electron chi connectivity index (χ4n) is 2.84. The molecule has 0 bridgehead atoms. The summed E-state index contributed by atoms with van der Waals surface area (Å²) in [5, 5.41) is 3.32. The fraction of sp³-hybridized carbons (Fsp3) is 0.222. The van der Waals surface area contributed by atoms with Gasteiger partial charge in [-0.05, 0) is 36.8 Å². The first kappa shape index (κ1) is 16.3. The number of para-hydroxylation sites is 1. The molecule has 2 amide bonds. The minimum atomic E-state index is -0.552. The molecule has 1 saturated heterocycles. The molecule has 0 spiro atoms. The van der Waals surface area contributed by atoms with E-state index >= 15 is 0 Å². The van der Waals surface area contributed by atoms with Crippen LogP contribution in [0.4, 0.5) is 11.4 Å². The highest BCUT2D eigenvalue weighted by molar-refractivity contribution is 6.31. The Balaban J connectivity index is 1.84. The van der Waals surface area contributed by atoms with E-state index in [1.54, 1.807) is 23.1 Å². The summed E-state index contributed by atoms with van der Waals surface area (Å²) in [7, 11) is 1.52. The van der Waals surface area contributed by atoms with Crippen LogP contribution in [0.3, 0.4) is 0 Å². The summed E-state index contributed by atoms with van der Waals surface area (Å²) >= 11 is 5.99. The van der Waals surface area contributed by atoms with Crippen LogP contribution in [0, 0.1) is 0 Å². The molecule has 1 aliphatic rings. The summed E-state index contributed by atoms with van der Waals surface area (Å²) in [6.07, 6.45) is 0.822. The highest BCUT2D eigenvalue weighted by Crippen LogP contribution is 2.31. The number of methoxy groups -OCH3 is 1. The maximum Gasteiger partial charge on any atom is 0.247 e. The summed E-state index contributed by atoms with van der Waals surface area (Å²) in [6, 6.07) is 13.7. The lowest BCUT2D eigenvalue weighted by molar-refractivity contribution is -0.120. The maximum absolute atomic E-state index is 12.7. The van der Waals surface area contributed by atoms with Crippen LogP contribution in [0.25, 0.3) is 0 Å². The molecule has 6 heteroatoms. The van der Waals surface area contributed by atoms with E-state index in [2.05, 4.69) is 5.32 Å². The Morgan fingerprint density at radius 2 is 2.00 bits per heavy atom. The molecule has 1 aliphatic heterocycles. The Hall–Kier alpha value is -2.53. The number of halogens is 1. The van der Waals surface area contributed by atoms with Crippen LogP contribution >= 0.6 is 11.6 Å². The van der Waals surface area contributed by atoms with Crippen LogP contribution < -0.4 is 15.0 Å². The van der Waals surface area contributed by atoms with E-state index in [1.807, 2.05) is 30.3 Å². The first-order valence-electron chi connectivity index (χ1n) is 7.61. The number of carbonyl (C=O) groups excluding carboxylic acids is 2. The van der Waals surface area contributed by atoms with Gasteiger partial charge in [-0.15, -0.1) is 0 Å². The third-order valence-corrected chi connectivity index (χ3v) is 4.20. The Labute approximate surface area is 145 Å². The molecule has 2 aromatic carbocycles. The van der Waals surface area contributed by atoms with E-state index in [9.17, 15) is 9.59 Å². The van der Waals surface area contributed by atoms with Gasteiger partial charge in [0.15, 0.2) is 0 Å². The molecular weight excluding hydrogens is 328 g/mol. The van der Waals surface area contributed by atoms with Crippen molar-refractivity contribution in [3.05, 3.63) is 53.6 Å². The Morgan fingerprint density at radius 3 is 2.71 bits per heavy atom. The van der Waals surface area contributed by atoms with Crippen molar-refractivity contribution in [3.63, 3.8) is 0 Å². The van der Waals surface area contributed by atoms with Crippen LogP contribution in [0.5, 0.6) is 5.75 Å². The minimum Gasteiger partial charge on any atom is -0.495 e. The van der Waals surface area contributed by atoms with E-state index in [-0.39, 0.29) is 11.8 Å². The van der Waals surface area contributed by atoms with Crippen molar-refractivity contribution in [3.8, 4) is 5.75 Å². The molecule has 5 nitrogen and oxygen atoms in total. The SMILES string of the molecule is COc1ccc(Cl)cc1NC(=O)C1CCC(=O)N1c1ccccc1. The molecule has 2 aromatic rings. The van der Waals surface area contributed by atoms with Gasteiger partial charge in [0.25, 0.3) is 0 Å². The van der Waals surface area contributed by atoms with Crippen molar-refractivity contribution in [2.75, 3.05) is 17.3 Å². The molecule has 1 N–H and O–H groups in total. The number of nitrogens with zero attached hydrogens (tertiary/aromatic N) is 1. The van der Waals surface area contributed by atoms with E-state index in [1.165, 1.54) is 7.11 Å². The van der Waals surface area contributed by atoms with Gasteiger partial charge in [-0.3, -0.25) is 14.5 Å². The molecule has 0 aromatic heterocycles. The molecular formula is C18H17ClN2O3. The van der Waals surface area contributed by atoms with Gasteiger partial charge in [0, 0.05) is 17.1 Å². The number of hydrogen-bond donors (Lipinski definition) is 1. The van der Waals surface area contributed by atoms with Crippen LogP contribution in [0.15, 0.2) is 48.5 Å². The van der Waals surface area contributed by atoms with Crippen LogP contribution in [-0.2, 0) is 9.59 Å². The summed E-state index contributed by atoms with van der Waals surface area (Å²) in [5.41, 5.74) is 1.21. The van der Waals surface area contributed by atoms with Crippen molar-refractivity contribution in [2.24, 2.45) is 0 Å². The molecule has 3 rings (SSSR count). The zero-order valence-corrected chi connectivity index (χ0v) is 13.9. The number of amides is 2. The van der Waals surface area contributed by atoms with Gasteiger partial charge in [0.2, 0.25) is 11.8 Å². The largest absolute Gasteiger partial charge is 0.495 e. The second kappa shape index (κ2) is 6.93. The Morgan fingerprint density at radius 1 is 1.25 bits per heavy atom. The number of nitrogens with one attached hydrogen (secondary N) is 1. The smallest absolute Gasteiger partial charge is 0.247 e. The molecule has 0 saturated carbocycles. The standard InChI is InChI=1S/C18H17ClN2O3/c1-24-16-9-7-12(19)11-14(16)20-18(23)15-8-10-17(22)21(15)13-5-3-2-4-6-13/h2-7,9,11,15H,8,10H2,1H3,(H,20,23). The molecule has 0 radical (unpaired) electrons. The lowest BCUT2D eigenvalue weighted by Gasteiger charge is -2.24. The van der Waals surface area contributed by atoms with Crippen molar-refractivity contribution in [1.82, 2.24) is 0 Å². The van der Waals surface area contributed by atoms with Crippen LogP contribution in [0.1, 0.15) is 12.8 Å². The van der Waals surface area contributed by atoms with Gasteiger partial charge in [-0.25, -0.2) is 0 Å². The molecule has 124 valence electrons. The predicted octanol–water partition coefficient (Wildman–Crippen LogP) is 3.48. The third kappa shape index (κ3) is 3.21. The number of anilines is 2. The number of benzene rings is 2. The summed E-state index contributed by atoms with van der Waals surface area (Å²) < 4.78 is 5.24. The third-order valence-electron chi connectivity index (χ3n) is 3.97. The molecule has 1 unspecified atom stereocenters. The second-order valence-corrected chi connectivity index (χ2v) is 5.92. The van der Waals surface area contributed by atoms with Crippen molar-refractivity contribution in [2.45, 2.75) is 18.9 Å². The van der Waals surface area contributed by atoms with Gasteiger partial charge in [0.1, 0.15) is 11.8 Å². The first-order valence-corrected chi connectivity index (χ1v) is 7.99. The molecule has 24 heavy (non-hydrogen) atoms. The number of carbonyl (C=O) groups is 2. The van der Waals surface area contributed by atoms with Crippen molar-refractivity contribution in [1.29, 1.82) is 0 Å². The molecule has 1 atom stereocenters. The van der Waals surface area contributed by atoms with Gasteiger partial charge in [-0.1, -0.05) is 29.8 Å². The summed E-state index contributed by atoms with van der Waals surface area (Å²) in [4.78, 5) is 26.5. The Bertz CT molecular complexity index is 764. The lowest BCUT2D eigenvalue weighted by Crippen LogP contribution is -2.41. The van der Waals surface area contributed by atoms with Crippen molar-refractivity contribution >= 4 is 34.8 Å². The monoisotopic (exact) mass is 344 g/mol. The van der Waals surface area contributed by atoms with E-state index < -0.39 is 6.04 Å². The number of hydrogen-bond acceptors (Lipinski definition) is 3. The Kier molecular flexibility index (Phi) is 4.71. The molecule has 1 fully saturated rings. The van der Waals surface area contributed by atoms with Gasteiger partial charge < -0.3 is 10.1 Å². The average Bonchev–Trinajstić information content (AvgIpc) is 2.97. The maximum atomic E-state index is 12.7. The van der Waals surface area contributed by atoms with E-state index in [0.717, 1.165) is 5.69 Å². The molecule has 1 heterocycles. The quantitative estimate of drug-likeness (QED) is 0.923. The first-order chi connectivity index (χ1) is 11.6. The molecule has 0 aliphatic carbocycles.